The lowest BCUT2D eigenvalue weighted by atomic mass is 10.1. The number of rotatable bonds is 0. The number of halogens is 13. The fraction of sp³-hybridized carbons (Fsp3) is 0.857. The summed E-state index contributed by atoms with van der Waals surface area (Å²) < 4.78 is 148. The first-order valence-corrected chi connectivity index (χ1v) is 7.19. The molecular weight excluding hydrogens is 426 g/mol. The molecule has 0 saturated heterocycles. The molecule has 0 aromatic carbocycles. The zero-order chi connectivity index (χ0) is 18.7. The highest BCUT2D eigenvalue weighted by Crippen LogP contribution is 2.69. The first kappa shape index (κ1) is 20.9. The average molecular weight is 426 g/mol. The third-order valence-electron chi connectivity index (χ3n) is 2.50. The number of aliphatic imine (C=N–C) groups is 1. The summed E-state index contributed by atoms with van der Waals surface area (Å²) in [6.07, 6.45) is -26.3. The second-order valence-corrected chi connectivity index (χ2v) is 6.32. The van der Waals surface area contributed by atoms with Crippen LogP contribution in [0.1, 0.15) is 0 Å². The second kappa shape index (κ2) is 5.41. The van der Waals surface area contributed by atoms with E-state index in [2.05, 4.69) is 10.7 Å². The van der Waals surface area contributed by atoms with E-state index in [1.807, 2.05) is 0 Å². The molecule has 0 radical (unpaired) electrons. The van der Waals surface area contributed by atoms with Crippen LogP contribution in [-0.4, -0.2) is 39.4 Å². The monoisotopic (exact) mass is 425 g/mol. The van der Waals surface area contributed by atoms with E-state index in [4.69, 9.17) is 0 Å². The van der Waals surface area contributed by atoms with Crippen LogP contribution < -0.4 is 0 Å². The molecule has 0 saturated carbocycles. The van der Waals surface area contributed by atoms with E-state index in [-0.39, 0.29) is 0 Å². The van der Waals surface area contributed by atoms with Crippen LogP contribution >= 0.6 is 33.4 Å². The van der Waals surface area contributed by atoms with E-state index in [0.29, 0.717) is 0 Å². The van der Waals surface area contributed by atoms with Crippen LogP contribution in [0.15, 0.2) is 4.99 Å². The van der Waals surface area contributed by atoms with Crippen molar-refractivity contribution in [1.82, 2.24) is 0 Å². The fourth-order valence-electron chi connectivity index (χ4n) is 1.50. The van der Waals surface area contributed by atoms with Gasteiger partial charge in [-0.2, -0.15) is 52.7 Å². The lowest BCUT2D eigenvalue weighted by molar-refractivity contribution is -0.263. The summed E-state index contributed by atoms with van der Waals surface area (Å²) in [6.45, 7) is 0. The number of nitrogens with zero attached hydrogens (tertiary/aromatic N) is 1. The summed E-state index contributed by atoms with van der Waals surface area (Å²) in [5.74, 6) is 0. The van der Waals surface area contributed by atoms with Crippen molar-refractivity contribution in [3.63, 3.8) is 0 Å². The van der Waals surface area contributed by atoms with Crippen LogP contribution in [0.2, 0.25) is 0 Å². The zero-order valence-electron chi connectivity index (χ0n) is 9.68. The highest BCUT2D eigenvalue weighted by Gasteiger charge is 2.87. The molecule has 1 heterocycles. The maximum absolute atomic E-state index is 12.8. The van der Waals surface area contributed by atoms with Gasteiger partial charge in [0.2, 0.25) is 0 Å². The minimum atomic E-state index is -6.59. The second-order valence-electron chi connectivity index (χ2n) is 3.91. The van der Waals surface area contributed by atoms with Gasteiger partial charge < -0.3 is 0 Å². The van der Waals surface area contributed by atoms with Gasteiger partial charge in [-0.05, 0) is 21.7 Å². The molecule has 16 heteroatoms. The Kier molecular flexibility index (Phi) is 4.91. The maximum atomic E-state index is 12.8. The molecule has 0 aliphatic carbocycles. The zero-order valence-corrected chi connectivity index (χ0v) is 12.1. The van der Waals surface area contributed by atoms with Crippen molar-refractivity contribution in [2.75, 3.05) is 0 Å². The molecule has 0 N–H and O–H groups in total. The van der Waals surface area contributed by atoms with Crippen molar-refractivity contribution >= 4 is 38.5 Å². The summed E-state index contributed by atoms with van der Waals surface area (Å²) >= 11 is -2.44. The Labute approximate surface area is 131 Å². The molecule has 0 aromatic rings. The Morgan fingerprint density at radius 3 is 1.26 bits per heavy atom. The van der Waals surface area contributed by atoms with E-state index in [0.717, 1.165) is 0 Å². The highest BCUT2D eigenvalue weighted by molar-refractivity contribution is 8.34. The average Bonchev–Trinajstić information content (AvgIpc) is 2.63. The Hall–Kier alpha value is -0.180. The van der Waals surface area contributed by atoms with Gasteiger partial charge in [-0.15, -0.1) is 0 Å². The molecule has 0 bridgehead atoms. The molecule has 0 fully saturated rings. The summed E-state index contributed by atoms with van der Waals surface area (Å²) in [5.41, 5.74) is 0. The van der Waals surface area contributed by atoms with Crippen molar-refractivity contribution in [2.45, 2.75) is 34.3 Å². The first-order valence-electron chi connectivity index (χ1n) is 4.73. The van der Waals surface area contributed by atoms with Gasteiger partial charge in [0.1, 0.15) is 5.04 Å². The van der Waals surface area contributed by atoms with E-state index < -0.39 is 62.1 Å². The summed E-state index contributed by atoms with van der Waals surface area (Å²) in [5, 5.41) is -2.60. The lowest BCUT2D eigenvalue weighted by Gasteiger charge is -2.36. The normalized spacial score (nSPS) is 22.2. The molecule has 0 aromatic heterocycles. The van der Waals surface area contributed by atoms with E-state index in [1.54, 1.807) is 4.99 Å². The van der Waals surface area contributed by atoms with Crippen LogP contribution in [0.25, 0.3) is 0 Å². The molecule has 23 heavy (non-hydrogen) atoms. The predicted molar refractivity (Wildman–Crippen MR) is 58.2 cm³/mol. The highest BCUT2D eigenvalue weighted by atomic mass is 35.7. The van der Waals surface area contributed by atoms with Gasteiger partial charge in [0.25, 0.3) is 9.62 Å². The van der Waals surface area contributed by atoms with Crippen LogP contribution in [0.3, 0.4) is 0 Å². The smallest absolute Gasteiger partial charge is 0.244 e. The Bertz CT molecular complexity index is 471. The molecule has 0 unspecified atom stereocenters. The molecule has 1 aliphatic heterocycles. The molecule has 0 atom stereocenters. The lowest BCUT2D eigenvalue weighted by Crippen LogP contribution is -2.60. The summed E-state index contributed by atoms with van der Waals surface area (Å²) in [7, 11) is 3.56. The van der Waals surface area contributed by atoms with Crippen molar-refractivity contribution < 1.29 is 52.7 Å². The molecule has 0 spiro atoms. The van der Waals surface area contributed by atoms with Gasteiger partial charge in [-0.3, -0.25) is 0 Å². The Morgan fingerprint density at radius 1 is 0.739 bits per heavy atom. The van der Waals surface area contributed by atoms with Crippen molar-refractivity contribution in [1.29, 1.82) is 0 Å². The van der Waals surface area contributed by atoms with E-state index in [9.17, 15) is 52.7 Å². The Balaban J connectivity index is 3.81. The van der Waals surface area contributed by atoms with Gasteiger partial charge in [0.05, 0.1) is 0 Å². The summed E-state index contributed by atoms with van der Waals surface area (Å²) in [4.78, 5) is -3.96. The number of thioether (sulfide) groups is 1. The van der Waals surface area contributed by atoms with Gasteiger partial charge in [-0.25, -0.2) is 4.99 Å². The van der Waals surface area contributed by atoms with Crippen LogP contribution in [0.5, 0.6) is 0 Å². The van der Waals surface area contributed by atoms with Gasteiger partial charge >= 0.3 is 24.7 Å². The Morgan fingerprint density at radius 2 is 1.09 bits per heavy atom. The fourth-order valence-corrected chi connectivity index (χ4v) is 4.09. The van der Waals surface area contributed by atoms with Crippen LogP contribution in [0, 0.1) is 0 Å². The van der Waals surface area contributed by atoms with E-state index in [1.165, 1.54) is 0 Å². The van der Waals surface area contributed by atoms with Crippen molar-refractivity contribution in [2.24, 2.45) is 4.99 Å². The van der Waals surface area contributed by atoms with E-state index >= 15 is 0 Å². The third-order valence-corrected chi connectivity index (χ3v) is 5.42. The molecule has 136 valence electrons. The molecule has 1 rings (SSSR count). The predicted octanol–water partition coefficient (Wildman–Crippen LogP) is 5.70. The summed E-state index contributed by atoms with van der Waals surface area (Å²) in [6, 6.07) is 0. The van der Waals surface area contributed by atoms with Gasteiger partial charge in [-0.1, -0.05) is 11.8 Å². The topological polar surface area (TPSA) is 12.4 Å². The quantitative estimate of drug-likeness (QED) is 0.461. The molecule has 1 nitrogen and oxygen atoms in total. The maximum Gasteiger partial charge on any atom is 0.432 e. The van der Waals surface area contributed by atoms with Gasteiger partial charge in [0.15, 0.2) is 0 Å². The first-order chi connectivity index (χ1) is 9.87. The van der Waals surface area contributed by atoms with Crippen LogP contribution in [0.4, 0.5) is 52.7 Å². The van der Waals surface area contributed by atoms with Crippen LogP contribution in [-0.2, 0) is 0 Å². The third kappa shape index (κ3) is 2.85. The van der Waals surface area contributed by atoms with Crippen molar-refractivity contribution in [3.8, 4) is 0 Å². The standard InChI is InChI=1S/C7ClF12NS2/c8-22-1-2(4(9,10)11,5(12,13)14)23-3(21-1,6(15,16)17)7(18,19)20. The largest absolute Gasteiger partial charge is 0.432 e. The SMILES string of the molecule is FC(F)(F)C1(C(F)(F)F)N=C(SCl)C(C(F)(F)F)(C(F)(F)F)S1. The minimum Gasteiger partial charge on any atom is -0.244 e. The molecule has 1 aliphatic rings. The number of hydrogen-bond donors (Lipinski definition) is 0. The number of alkyl halides is 12. The molecule has 0 amide bonds. The minimum absolute atomic E-state index is 1.11. The van der Waals surface area contributed by atoms with Gasteiger partial charge in [0, 0.05) is 0 Å². The molecular formula is C7ClF12NS2. The van der Waals surface area contributed by atoms with Crippen molar-refractivity contribution in [3.05, 3.63) is 0 Å². The number of hydrogen-bond acceptors (Lipinski definition) is 3.